The molecular formula is C10H6BrN3O. The third-order valence-electron chi connectivity index (χ3n) is 1.76. The maximum absolute atomic E-state index is 11.8. The third kappa shape index (κ3) is 2.24. The second-order valence-electron chi connectivity index (χ2n) is 2.78. The molecule has 2 rings (SSSR count). The zero-order chi connectivity index (χ0) is 10.7. The van der Waals surface area contributed by atoms with Crippen molar-refractivity contribution < 1.29 is 4.79 Å². The van der Waals surface area contributed by atoms with Gasteiger partial charge in [-0.3, -0.25) is 14.8 Å². The van der Waals surface area contributed by atoms with Crippen LogP contribution < -0.4 is 0 Å². The van der Waals surface area contributed by atoms with Crippen molar-refractivity contribution in [3.63, 3.8) is 0 Å². The predicted molar refractivity (Wildman–Crippen MR) is 57.4 cm³/mol. The molecule has 2 heterocycles. The summed E-state index contributed by atoms with van der Waals surface area (Å²) in [6, 6.07) is 3.40. The molecule has 0 aliphatic heterocycles. The number of hydrogen-bond donors (Lipinski definition) is 0. The number of nitrogens with zero attached hydrogens (tertiary/aromatic N) is 3. The van der Waals surface area contributed by atoms with Crippen molar-refractivity contribution in [1.29, 1.82) is 0 Å². The summed E-state index contributed by atoms with van der Waals surface area (Å²) in [5, 5.41) is 0. The van der Waals surface area contributed by atoms with Gasteiger partial charge < -0.3 is 0 Å². The predicted octanol–water partition coefficient (Wildman–Crippen LogP) is 1.87. The summed E-state index contributed by atoms with van der Waals surface area (Å²) in [6.45, 7) is 0. The molecule has 0 aromatic carbocycles. The summed E-state index contributed by atoms with van der Waals surface area (Å²) in [4.78, 5) is 23.5. The topological polar surface area (TPSA) is 55.7 Å². The lowest BCUT2D eigenvalue weighted by molar-refractivity contribution is 0.102. The van der Waals surface area contributed by atoms with Gasteiger partial charge in [0.15, 0.2) is 0 Å². The molecule has 4 nitrogen and oxygen atoms in total. The lowest BCUT2D eigenvalue weighted by Gasteiger charge is -1.98. The maximum atomic E-state index is 11.8. The first-order valence-corrected chi connectivity index (χ1v) is 4.99. The third-order valence-corrected chi connectivity index (χ3v) is 2.22. The first-order chi connectivity index (χ1) is 7.27. The number of halogens is 1. The monoisotopic (exact) mass is 263 g/mol. The number of ketones is 1. The van der Waals surface area contributed by atoms with Gasteiger partial charge in [-0.25, -0.2) is 4.98 Å². The lowest BCUT2D eigenvalue weighted by Crippen LogP contribution is -2.06. The molecular weight excluding hydrogens is 258 g/mol. The van der Waals surface area contributed by atoms with Crippen LogP contribution in [0.5, 0.6) is 0 Å². The molecule has 2 aromatic rings. The van der Waals surface area contributed by atoms with Crippen LogP contribution in [-0.4, -0.2) is 20.7 Å². The second kappa shape index (κ2) is 4.27. The van der Waals surface area contributed by atoms with E-state index in [1.807, 2.05) is 0 Å². The highest BCUT2D eigenvalue weighted by molar-refractivity contribution is 9.10. The number of hydrogen-bond acceptors (Lipinski definition) is 4. The van der Waals surface area contributed by atoms with E-state index in [9.17, 15) is 4.79 Å². The quantitative estimate of drug-likeness (QED) is 0.777. The van der Waals surface area contributed by atoms with E-state index in [-0.39, 0.29) is 5.78 Å². The SMILES string of the molecule is O=C(c1ccc(Br)cn1)c1cnccn1. The Labute approximate surface area is 94.5 Å². The standard InChI is InChI=1S/C10H6BrN3O/c11-7-1-2-8(14-5-7)10(15)9-6-12-3-4-13-9/h1-6H. The van der Waals surface area contributed by atoms with Crippen LogP contribution in [0, 0.1) is 0 Å². The second-order valence-corrected chi connectivity index (χ2v) is 3.70. The number of aromatic nitrogens is 3. The molecule has 0 atom stereocenters. The van der Waals surface area contributed by atoms with Gasteiger partial charge in [-0.2, -0.15) is 0 Å². The zero-order valence-corrected chi connectivity index (χ0v) is 9.18. The molecule has 0 aliphatic rings. The van der Waals surface area contributed by atoms with Gasteiger partial charge in [-0.15, -0.1) is 0 Å². The van der Waals surface area contributed by atoms with Gasteiger partial charge in [0.05, 0.1) is 6.20 Å². The molecule has 15 heavy (non-hydrogen) atoms. The fourth-order valence-electron chi connectivity index (χ4n) is 1.06. The van der Waals surface area contributed by atoms with Gasteiger partial charge in [0.1, 0.15) is 11.4 Å². The number of carbonyl (C=O) groups is 1. The molecule has 0 saturated heterocycles. The van der Waals surface area contributed by atoms with Crippen molar-refractivity contribution in [2.24, 2.45) is 0 Å². The van der Waals surface area contributed by atoms with Gasteiger partial charge in [0.25, 0.3) is 0 Å². The highest BCUT2D eigenvalue weighted by Crippen LogP contribution is 2.09. The average Bonchev–Trinajstić information content (AvgIpc) is 2.30. The maximum Gasteiger partial charge on any atom is 0.231 e. The molecule has 74 valence electrons. The molecule has 0 N–H and O–H groups in total. The van der Waals surface area contributed by atoms with Crippen LogP contribution >= 0.6 is 15.9 Å². The van der Waals surface area contributed by atoms with Crippen LogP contribution in [0.4, 0.5) is 0 Å². The van der Waals surface area contributed by atoms with Crippen LogP contribution in [0.3, 0.4) is 0 Å². The van der Waals surface area contributed by atoms with Crippen LogP contribution in [-0.2, 0) is 0 Å². The van der Waals surface area contributed by atoms with Gasteiger partial charge in [-0.05, 0) is 28.1 Å². The number of pyridine rings is 1. The van der Waals surface area contributed by atoms with E-state index in [0.29, 0.717) is 11.4 Å². The molecule has 0 amide bonds. The van der Waals surface area contributed by atoms with E-state index in [2.05, 4.69) is 30.9 Å². The molecule has 0 radical (unpaired) electrons. The van der Waals surface area contributed by atoms with Crippen molar-refractivity contribution in [3.05, 3.63) is 52.8 Å². The minimum atomic E-state index is -0.226. The summed E-state index contributed by atoms with van der Waals surface area (Å²) in [5.41, 5.74) is 0.658. The Morgan fingerprint density at radius 3 is 2.53 bits per heavy atom. The first-order valence-electron chi connectivity index (χ1n) is 4.19. The Hall–Kier alpha value is -1.62. The Morgan fingerprint density at radius 1 is 1.07 bits per heavy atom. The van der Waals surface area contributed by atoms with Crippen LogP contribution in [0.1, 0.15) is 16.2 Å². The van der Waals surface area contributed by atoms with Gasteiger partial charge in [0, 0.05) is 23.1 Å². The smallest absolute Gasteiger partial charge is 0.231 e. The highest BCUT2D eigenvalue weighted by atomic mass is 79.9. The Morgan fingerprint density at radius 2 is 1.93 bits per heavy atom. The van der Waals surface area contributed by atoms with Gasteiger partial charge in [0.2, 0.25) is 5.78 Å². The lowest BCUT2D eigenvalue weighted by atomic mass is 10.2. The van der Waals surface area contributed by atoms with Crippen LogP contribution in [0.2, 0.25) is 0 Å². The summed E-state index contributed by atoms with van der Waals surface area (Å²) < 4.78 is 0.832. The minimum Gasteiger partial charge on any atom is -0.285 e. The number of carbonyl (C=O) groups excluding carboxylic acids is 1. The summed E-state index contributed by atoms with van der Waals surface area (Å²) >= 11 is 3.25. The first kappa shape index (κ1) is 9.92. The fourth-order valence-corrected chi connectivity index (χ4v) is 1.29. The summed E-state index contributed by atoms with van der Waals surface area (Å²) in [5.74, 6) is -0.226. The molecule has 0 aliphatic carbocycles. The molecule has 2 aromatic heterocycles. The Bertz CT molecular complexity index is 470. The normalized spacial score (nSPS) is 9.93. The van der Waals surface area contributed by atoms with Gasteiger partial charge in [-0.1, -0.05) is 0 Å². The van der Waals surface area contributed by atoms with Gasteiger partial charge >= 0.3 is 0 Å². The van der Waals surface area contributed by atoms with Crippen molar-refractivity contribution in [2.75, 3.05) is 0 Å². The minimum absolute atomic E-state index is 0.226. The fraction of sp³-hybridized carbons (Fsp3) is 0. The molecule has 0 unspecified atom stereocenters. The molecule has 0 saturated carbocycles. The molecule has 0 spiro atoms. The van der Waals surface area contributed by atoms with E-state index < -0.39 is 0 Å². The molecule has 5 heteroatoms. The average molecular weight is 264 g/mol. The highest BCUT2D eigenvalue weighted by Gasteiger charge is 2.11. The largest absolute Gasteiger partial charge is 0.285 e. The van der Waals surface area contributed by atoms with Crippen LogP contribution in [0.25, 0.3) is 0 Å². The van der Waals surface area contributed by atoms with Crippen molar-refractivity contribution in [3.8, 4) is 0 Å². The van der Waals surface area contributed by atoms with E-state index >= 15 is 0 Å². The Kier molecular flexibility index (Phi) is 2.82. The zero-order valence-electron chi connectivity index (χ0n) is 7.59. The summed E-state index contributed by atoms with van der Waals surface area (Å²) in [6.07, 6.45) is 5.99. The van der Waals surface area contributed by atoms with E-state index in [0.717, 1.165) is 4.47 Å². The van der Waals surface area contributed by atoms with E-state index in [1.165, 1.54) is 18.6 Å². The van der Waals surface area contributed by atoms with E-state index in [1.54, 1.807) is 18.3 Å². The number of rotatable bonds is 2. The van der Waals surface area contributed by atoms with E-state index in [4.69, 9.17) is 0 Å². The van der Waals surface area contributed by atoms with Crippen LogP contribution in [0.15, 0.2) is 41.4 Å². The van der Waals surface area contributed by atoms with Crippen molar-refractivity contribution in [2.45, 2.75) is 0 Å². The molecule has 0 bridgehead atoms. The molecule has 0 fully saturated rings. The van der Waals surface area contributed by atoms with Crippen molar-refractivity contribution in [1.82, 2.24) is 15.0 Å². The summed E-state index contributed by atoms with van der Waals surface area (Å²) in [7, 11) is 0. The Balaban J connectivity index is 2.33. The van der Waals surface area contributed by atoms with Crippen molar-refractivity contribution >= 4 is 21.7 Å².